The molecular formula is C22H23N5O2. The molecule has 0 unspecified atom stereocenters. The van der Waals surface area contributed by atoms with Gasteiger partial charge in [0.15, 0.2) is 0 Å². The summed E-state index contributed by atoms with van der Waals surface area (Å²) in [4.78, 5) is 35.8. The zero-order valence-electron chi connectivity index (χ0n) is 16.6. The van der Waals surface area contributed by atoms with Gasteiger partial charge in [0.05, 0.1) is 5.52 Å². The second-order valence-electron chi connectivity index (χ2n) is 7.18. The number of rotatable bonds is 3. The largest absolute Gasteiger partial charge is 0.352 e. The standard InChI is InChI=1S/C22H23N5O2/c1-15(28)25-19-6-3-17(4-7-19)18-5-8-21-20(13-18)22(24-14-23-21)27-11-9-26(10-12-27)16(2)29/h3-8,13-14H,9-12H2,1-2H3,(H,25,28). The van der Waals surface area contributed by atoms with Crippen molar-refractivity contribution in [2.45, 2.75) is 13.8 Å². The van der Waals surface area contributed by atoms with Crippen LogP contribution in [-0.2, 0) is 9.59 Å². The Balaban J connectivity index is 1.64. The molecule has 0 atom stereocenters. The fraction of sp³-hybridized carbons (Fsp3) is 0.273. The van der Waals surface area contributed by atoms with E-state index >= 15 is 0 Å². The topological polar surface area (TPSA) is 78.4 Å². The number of hydrogen-bond acceptors (Lipinski definition) is 5. The van der Waals surface area contributed by atoms with E-state index in [0.29, 0.717) is 13.1 Å². The van der Waals surface area contributed by atoms with Crippen LogP contribution < -0.4 is 10.2 Å². The highest BCUT2D eigenvalue weighted by molar-refractivity contribution is 5.93. The first-order chi connectivity index (χ1) is 14.0. The average molecular weight is 389 g/mol. The van der Waals surface area contributed by atoms with E-state index in [9.17, 15) is 9.59 Å². The van der Waals surface area contributed by atoms with Crippen molar-refractivity contribution in [2.75, 3.05) is 36.4 Å². The third kappa shape index (κ3) is 4.03. The van der Waals surface area contributed by atoms with Crippen LogP contribution in [0.25, 0.3) is 22.0 Å². The van der Waals surface area contributed by atoms with Gasteiger partial charge in [-0.25, -0.2) is 9.97 Å². The lowest BCUT2D eigenvalue weighted by Gasteiger charge is -2.35. The summed E-state index contributed by atoms with van der Waals surface area (Å²) in [5, 5.41) is 3.78. The molecular weight excluding hydrogens is 366 g/mol. The van der Waals surface area contributed by atoms with Crippen molar-refractivity contribution in [3.05, 3.63) is 48.8 Å². The highest BCUT2D eigenvalue weighted by Gasteiger charge is 2.21. The summed E-state index contributed by atoms with van der Waals surface area (Å²) < 4.78 is 0. The molecule has 0 aliphatic carbocycles. The first-order valence-corrected chi connectivity index (χ1v) is 9.64. The summed E-state index contributed by atoms with van der Waals surface area (Å²) in [6.07, 6.45) is 1.59. The lowest BCUT2D eigenvalue weighted by atomic mass is 10.0. The third-order valence-electron chi connectivity index (χ3n) is 5.18. The van der Waals surface area contributed by atoms with Crippen molar-refractivity contribution in [1.29, 1.82) is 0 Å². The second kappa shape index (κ2) is 7.87. The Morgan fingerprint density at radius 2 is 1.59 bits per heavy atom. The van der Waals surface area contributed by atoms with Crippen LogP contribution in [0.15, 0.2) is 48.8 Å². The maximum atomic E-state index is 11.6. The van der Waals surface area contributed by atoms with Crippen molar-refractivity contribution in [2.24, 2.45) is 0 Å². The predicted octanol–water partition coefficient (Wildman–Crippen LogP) is 2.92. The van der Waals surface area contributed by atoms with Gasteiger partial charge >= 0.3 is 0 Å². The van der Waals surface area contributed by atoms with Crippen LogP contribution in [0.5, 0.6) is 0 Å². The van der Waals surface area contributed by atoms with E-state index in [-0.39, 0.29) is 11.8 Å². The minimum Gasteiger partial charge on any atom is -0.352 e. The van der Waals surface area contributed by atoms with Gasteiger partial charge in [-0.2, -0.15) is 0 Å². The van der Waals surface area contributed by atoms with Crippen molar-refractivity contribution < 1.29 is 9.59 Å². The number of piperazine rings is 1. The number of nitrogens with one attached hydrogen (secondary N) is 1. The maximum Gasteiger partial charge on any atom is 0.221 e. The minimum atomic E-state index is -0.0879. The molecule has 4 rings (SSSR count). The molecule has 148 valence electrons. The molecule has 1 N–H and O–H groups in total. The van der Waals surface area contributed by atoms with Crippen LogP contribution in [0.2, 0.25) is 0 Å². The van der Waals surface area contributed by atoms with E-state index in [4.69, 9.17) is 0 Å². The molecule has 2 amide bonds. The fourth-order valence-electron chi connectivity index (χ4n) is 3.66. The molecule has 1 aliphatic heterocycles. The monoisotopic (exact) mass is 389 g/mol. The van der Waals surface area contributed by atoms with Gasteiger partial charge in [0.25, 0.3) is 0 Å². The Morgan fingerprint density at radius 1 is 0.897 bits per heavy atom. The molecule has 29 heavy (non-hydrogen) atoms. The molecule has 1 aromatic heterocycles. The number of carbonyl (C=O) groups excluding carboxylic acids is 2. The van der Waals surface area contributed by atoms with Gasteiger partial charge in [-0.3, -0.25) is 9.59 Å². The van der Waals surface area contributed by atoms with Crippen LogP contribution >= 0.6 is 0 Å². The Hall–Kier alpha value is -3.48. The zero-order valence-corrected chi connectivity index (χ0v) is 16.6. The van der Waals surface area contributed by atoms with Crippen LogP contribution in [-0.4, -0.2) is 52.9 Å². The van der Waals surface area contributed by atoms with Crippen molar-refractivity contribution in [3.63, 3.8) is 0 Å². The summed E-state index contributed by atoms with van der Waals surface area (Å²) in [6.45, 7) is 6.01. The summed E-state index contributed by atoms with van der Waals surface area (Å²) in [6, 6.07) is 13.9. The molecule has 7 heteroatoms. The number of benzene rings is 2. The second-order valence-corrected chi connectivity index (χ2v) is 7.18. The highest BCUT2D eigenvalue weighted by atomic mass is 16.2. The molecule has 0 radical (unpaired) electrons. The molecule has 0 bridgehead atoms. The van der Waals surface area contributed by atoms with E-state index in [1.807, 2.05) is 41.3 Å². The number of anilines is 2. The van der Waals surface area contributed by atoms with Crippen molar-refractivity contribution in [3.8, 4) is 11.1 Å². The normalized spacial score (nSPS) is 14.1. The van der Waals surface area contributed by atoms with Gasteiger partial charge in [-0.1, -0.05) is 18.2 Å². The molecule has 7 nitrogen and oxygen atoms in total. The van der Waals surface area contributed by atoms with Crippen molar-refractivity contribution in [1.82, 2.24) is 14.9 Å². The number of hydrogen-bond donors (Lipinski definition) is 1. The molecule has 3 aromatic rings. The average Bonchev–Trinajstić information content (AvgIpc) is 2.73. The molecule has 0 saturated carbocycles. The fourth-order valence-corrected chi connectivity index (χ4v) is 3.66. The van der Waals surface area contributed by atoms with E-state index in [1.54, 1.807) is 13.3 Å². The summed E-state index contributed by atoms with van der Waals surface area (Å²) in [5.74, 6) is 0.923. The third-order valence-corrected chi connectivity index (χ3v) is 5.18. The Morgan fingerprint density at radius 3 is 2.24 bits per heavy atom. The Labute approximate surface area is 169 Å². The molecule has 0 spiro atoms. The van der Waals surface area contributed by atoms with Gasteiger partial charge in [0, 0.05) is 51.1 Å². The maximum absolute atomic E-state index is 11.6. The highest BCUT2D eigenvalue weighted by Crippen LogP contribution is 2.29. The number of carbonyl (C=O) groups is 2. The SMILES string of the molecule is CC(=O)Nc1ccc(-c2ccc3ncnc(N4CCN(C(C)=O)CC4)c3c2)cc1. The van der Waals surface area contributed by atoms with E-state index < -0.39 is 0 Å². The first-order valence-electron chi connectivity index (χ1n) is 9.64. The van der Waals surface area contributed by atoms with Gasteiger partial charge in [-0.15, -0.1) is 0 Å². The summed E-state index contributed by atoms with van der Waals surface area (Å²) >= 11 is 0. The smallest absolute Gasteiger partial charge is 0.221 e. The lowest BCUT2D eigenvalue weighted by molar-refractivity contribution is -0.129. The van der Waals surface area contributed by atoms with E-state index in [2.05, 4.69) is 26.3 Å². The Kier molecular flexibility index (Phi) is 5.12. The van der Waals surface area contributed by atoms with Crippen LogP contribution in [0.4, 0.5) is 11.5 Å². The number of aromatic nitrogens is 2. The van der Waals surface area contributed by atoms with E-state index in [0.717, 1.165) is 46.6 Å². The van der Waals surface area contributed by atoms with Gasteiger partial charge < -0.3 is 15.1 Å². The van der Waals surface area contributed by atoms with Crippen LogP contribution in [0, 0.1) is 0 Å². The number of amides is 2. The van der Waals surface area contributed by atoms with Gasteiger partial charge in [0.1, 0.15) is 12.1 Å². The molecule has 1 aliphatic rings. The van der Waals surface area contributed by atoms with E-state index in [1.165, 1.54) is 6.92 Å². The molecule has 1 saturated heterocycles. The van der Waals surface area contributed by atoms with Crippen molar-refractivity contribution >= 4 is 34.2 Å². The van der Waals surface area contributed by atoms with Gasteiger partial charge in [0.2, 0.25) is 11.8 Å². The van der Waals surface area contributed by atoms with Crippen LogP contribution in [0.1, 0.15) is 13.8 Å². The predicted molar refractivity (Wildman–Crippen MR) is 114 cm³/mol. The summed E-state index contributed by atoms with van der Waals surface area (Å²) in [5.41, 5.74) is 3.78. The molecule has 2 aromatic carbocycles. The first kappa shape index (κ1) is 18.9. The van der Waals surface area contributed by atoms with Crippen LogP contribution in [0.3, 0.4) is 0 Å². The minimum absolute atomic E-state index is 0.0879. The molecule has 2 heterocycles. The summed E-state index contributed by atoms with van der Waals surface area (Å²) in [7, 11) is 0. The zero-order chi connectivity index (χ0) is 20.4. The Bertz CT molecular complexity index is 1060. The lowest BCUT2D eigenvalue weighted by Crippen LogP contribution is -2.48. The number of fused-ring (bicyclic) bond motifs is 1. The van der Waals surface area contributed by atoms with Gasteiger partial charge in [-0.05, 0) is 35.4 Å². The molecule has 1 fully saturated rings. The quantitative estimate of drug-likeness (QED) is 0.745. The number of nitrogens with zero attached hydrogens (tertiary/aromatic N) is 4.